The predicted molar refractivity (Wildman–Crippen MR) is 219 cm³/mol. The number of fused-ring (bicyclic) bond motifs is 1. The van der Waals surface area contributed by atoms with Crippen molar-refractivity contribution < 1.29 is 108 Å². The van der Waals surface area contributed by atoms with E-state index in [1.807, 2.05) is 0 Å². The van der Waals surface area contributed by atoms with Gasteiger partial charge in [0.25, 0.3) is 0 Å². The van der Waals surface area contributed by atoms with Gasteiger partial charge in [-0.15, -0.1) is 0 Å². The van der Waals surface area contributed by atoms with Gasteiger partial charge in [-0.2, -0.15) is 0 Å². The number of hydrogen-bond acceptors (Lipinski definition) is 23. The van der Waals surface area contributed by atoms with Gasteiger partial charge in [-0.1, -0.05) is 6.07 Å². The fourth-order valence-corrected chi connectivity index (χ4v) is 7.47. The van der Waals surface area contributed by atoms with Crippen molar-refractivity contribution in [2.75, 3.05) is 20.3 Å². The molecule has 0 amide bonds. The number of carbonyl (C=O) groups excluding carboxylic acids is 1. The van der Waals surface area contributed by atoms with Gasteiger partial charge in [0, 0.05) is 23.8 Å². The average Bonchev–Trinajstić information content (AvgIpc) is 3.29. The third kappa shape index (κ3) is 9.75. The van der Waals surface area contributed by atoms with E-state index < -0.39 is 145 Å². The molecule has 23 nitrogen and oxygen atoms in total. The summed E-state index contributed by atoms with van der Waals surface area (Å²) in [6.45, 7) is -0.362. The first-order valence-corrected chi connectivity index (χ1v) is 20.3. The minimum Gasteiger partial charge on any atom is -0.508 e. The monoisotopic (exact) mass is 932 g/mol. The van der Waals surface area contributed by atoms with Crippen LogP contribution in [-0.4, -0.2) is 180 Å². The Balaban J connectivity index is 1.24. The number of aliphatic hydroxyl groups excluding tert-OH is 9. The fourth-order valence-electron chi connectivity index (χ4n) is 7.47. The molecule has 3 saturated heterocycles. The highest BCUT2D eigenvalue weighted by Crippen LogP contribution is 2.40. The van der Waals surface area contributed by atoms with Crippen LogP contribution in [0.5, 0.6) is 34.5 Å². The summed E-state index contributed by atoms with van der Waals surface area (Å²) in [6, 6.07) is 11.3. The van der Waals surface area contributed by atoms with Crippen molar-refractivity contribution in [2.24, 2.45) is 0 Å². The van der Waals surface area contributed by atoms with Gasteiger partial charge in [0.2, 0.25) is 23.8 Å². The molecule has 0 bridgehead atoms. The molecule has 0 aliphatic carbocycles. The van der Waals surface area contributed by atoms with Crippen molar-refractivity contribution in [3.63, 3.8) is 0 Å². The molecule has 0 saturated carbocycles. The molecule has 12 N–H and O–H groups in total. The number of benzene rings is 3. The summed E-state index contributed by atoms with van der Waals surface area (Å²) >= 11 is 0. The summed E-state index contributed by atoms with van der Waals surface area (Å²) in [5, 5.41) is 126. The standard InChI is InChI=1S/C43H48O23/c1-16-29(50)33(54)36(57)41(59-16)66-40-35(56)31(52)26(15-45)63-43(40)65-38-32(53)28-22(48)12-20(13-24(28)61-37(38)18-5-7-19(46)8-6-18)60-42-39(34(55)30(51)25(14-44)62-42)64-27(49)10-4-17-3-9-21(47)23(11-17)58-2/h3-13,16,25-26,29-31,33-36,39-48,50-52,54-57H,14-15H2,1-2H3/t16-,25-,26-,29-,30-,31-,33+,34+,35+,36+,39-,40-,41-,42-,43+/m1/s1. The summed E-state index contributed by atoms with van der Waals surface area (Å²) in [5.41, 5.74) is -1.05. The second kappa shape index (κ2) is 20.1. The molecule has 4 heterocycles. The van der Waals surface area contributed by atoms with Crippen LogP contribution in [0.25, 0.3) is 28.4 Å². The highest BCUT2D eigenvalue weighted by molar-refractivity contribution is 5.89. The fraction of sp³-hybridized carbons (Fsp3) is 0.442. The first kappa shape index (κ1) is 48.3. The van der Waals surface area contributed by atoms with Crippen molar-refractivity contribution in [3.8, 4) is 45.8 Å². The van der Waals surface area contributed by atoms with Gasteiger partial charge in [-0.3, -0.25) is 4.79 Å². The van der Waals surface area contributed by atoms with Gasteiger partial charge in [-0.05, 0) is 55.0 Å². The second-order valence-electron chi connectivity index (χ2n) is 15.5. The van der Waals surface area contributed by atoms with Crippen LogP contribution in [0, 0.1) is 0 Å². The molecule has 7 rings (SSSR count). The van der Waals surface area contributed by atoms with Crippen LogP contribution in [0.1, 0.15) is 12.5 Å². The molecule has 4 aromatic rings. The zero-order chi connectivity index (χ0) is 47.7. The van der Waals surface area contributed by atoms with E-state index in [0.717, 1.165) is 18.2 Å². The van der Waals surface area contributed by atoms with Gasteiger partial charge in [0.15, 0.2) is 35.8 Å². The van der Waals surface area contributed by atoms with Crippen molar-refractivity contribution in [1.29, 1.82) is 0 Å². The lowest BCUT2D eigenvalue weighted by Gasteiger charge is -2.45. The number of carbonyl (C=O) groups is 1. The number of phenolic OH excluding ortho intramolecular Hbond substituents is 3. The molecule has 0 spiro atoms. The van der Waals surface area contributed by atoms with Gasteiger partial charge in [-0.25, -0.2) is 4.79 Å². The summed E-state index contributed by atoms with van der Waals surface area (Å²) in [4.78, 5) is 27.5. The van der Waals surface area contributed by atoms with Crippen LogP contribution in [0.15, 0.2) is 69.9 Å². The Morgan fingerprint density at radius 3 is 1.97 bits per heavy atom. The Morgan fingerprint density at radius 2 is 1.33 bits per heavy atom. The second-order valence-corrected chi connectivity index (χ2v) is 15.5. The van der Waals surface area contributed by atoms with Crippen LogP contribution >= 0.6 is 0 Å². The lowest BCUT2D eigenvalue weighted by molar-refractivity contribution is -0.354. The van der Waals surface area contributed by atoms with E-state index in [2.05, 4.69) is 0 Å². The molecule has 3 aromatic carbocycles. The van der Waals surface area contributed by atoms with Crippen molar-refractivity contribution in [1.82, 2.24) is 0 Å². The molecule has 15 atom stereocenters. The lowest BCUT2D eigenvalue weighted by atomic mass is 9.97. The topological polar surface area (TPSA) is 364 Å². The van der Waals surface area contributed by atoms with E-state index >= 15 is 0 Å². The summed E-state index contributed by atoms with van der Waals surface area (Å²) < 4.78 is 51.3. The quantitative estimate of drug-likeness (QED) is 0.0512. The average molecular weight is 933 g/mol. The largest absolute Gasteiger partial charge is 0.508 e. The van der Waals surface area contributed by atoms with Crippen molar-refractivity contribution in [2.45, 2.75) is 99.0 Å². The molecular formula is C43H48O23. The van der Waals surface area contributed by atoms with Crippen LogP contribution in [0.2, 0.25) is 0 Å². The zero-order valence-corrected chi connectivity index (χ0v) is 34.8. The van der Waals surface area contributed by atoms with E-state index in [4.69, 9.17) is 42.3 Å². The molecule has 66 heavy (non-hydrogen) atoms. The lowest BCUT2D eigenvalue weighted by Crippen LogP contribution is -2.64. The Bertz CT molecular complexity index is 2420. The summed E-state index contributed by atoms with van der Waals surface area (Å²) in [7, 11) is 1.33. The summed E-state index contributed by atoms with van der Waals surface area (Å²) in [5.74, 6) is -3.61. The molecule has 1 aromatic heterocycles. The van der Waals surface area contributed by atoms with Gasteiger partial charge < -0.3 is 104 Å². The van der Waals surface area contributed by atoms with Crippen LogP contribution in [-0.2, 0) is 28.5 Å². The van der Waals surface area contributed by atoms with Gasteiger partial charge >= 0.3 is 5.97 Å². The van der Waals surface area contributed by atoms with Crippen molar-refractivity contribution in [3.05, 3.63) is 76.5 Å². The number of hydrogen-bond donors (Lipinski definition) is 12. The van der Waals surface area contributed by atoms with E-state index in [1.54, 1.807) is 0 Å². The minimum atomic E-state index is -1.98. The first-order chi connectivity index (χ1) is 31.4. The van der Waals surface area contributed by atoms with Gasteiger partial charge in [0.05, 0.1) is 26.4 Å². The Morgan fingerprint density at radius 1 is 0.697 bits per heavy atom. The van der Waals surface area contributed by atoms with Crippen molar-refractivity contribution >= 4 is 23.0 Å². The number of rotatable bonds is 13. The third-order valence-electron chi connectivity index (χ3n) is 11.1. The van der Waals surface area contributed by atoms with E-state index in [1.165, 1.54) is 62.6 Å². The zero-order valence-electron chi connectivity index (χ0n) is 34.8. The maximum Gasteiger partial charge on any atom is 0.331 e. The molecule has 358 valence electrons. The highest BCUT2D eigenvalue weighted by atomic mass is 16.8. The summed E-state index contributed by atoms with van der Waals surface area (Å²) in [6.07, 6.45) is -23.8. The number of ether oxygens (including phenoxy) is 8. The molecular weight excluding hydrogens is 884 g/mol. The Labute approximate surface area is 372 Å². The third-order valence-corrected chi connectivity index (χ3v) is 11.1. The Kier molecular flexibility index (Phi) is 14.7. The smallest absolute Gasteiger partial charge is 0.331 e. The number of esters is 1. The number of methoxy groups -OCH3 is 1. The van der Waals surface area contributed by atoms with Gasteiger partial charge in [0.1, 0.15) is 83.2 Å². The Hall–Kier alpha value is -5.64. The molecule has 3 fully saturated rings. The molecule has 3 aliphatic rings. The number of aliphatic hydroxyl groups is 9. The SMILES string of the molecule is COc1cc(C=CC(=O)O[C@H]2[C@H](Oc3cc(O)c4c(=O)c(O[C@@H]5O[C@H](CO)[C@@H](O)[C@H](O)[C@H]5O[C@H]5O[C@H](C)[C@@H](O)[C@H](O)[C@@H]5O)c(-c5ccc(O)cc5)oc4c3)O[C@H](CO)[C@@H](O)[C@@H]2O)ccc1O. The van der Waals surface area contributed by atoms with Crippen LogP contribution in [0.4, 0.5) is 0 Å². The van der Waals surface area contributed by atoms with Crippen LogP contribution in [0.3, 0.4) is 0 Å². The molecule has 23 heteroatoms. The first-order valence-electron chi connectivity index (χ1n) is 20.3. The number of phenols is 3. The van der Waals surface area contributed by atoms with E-state index in [0.29, 0.717) is 5.56 Å². The minimum absolute atomic E-state index is 0.0569. The van der Waals surface area contributed by atoms with Crippen LogP contribution < -0.4 is 19.6 Å². The molecule has 0 unspecified atom stereocenters. The maximum absolute atomic E-state index is 14.5. The predicted octanol–water partition coefficient (Wildman–Crippen LogP) is -1.94. The molecule has 0 radical (unpaired) electrons. The van der Waals surface area contributed by atoms with E-state index in [9.17, 15) is 70.9 Å². The normalized spacial score (nSPS) is 32.6. The number of aromatic hydroxyl groups is 3. The van der Waals surface area contributed by atoms with E-state index in [-0.39, 0.29) is 28.6 Å². The maximum atomic E-state index is 14.5. The highest BCUT2D eigenvalue weighted by Gasteiger charge is 2.52. The molecule has 3 aliphatic heterocycles.